The Morgan fingerprint density at radius 2 is 1.18 bits per heavy atom. The molecule has 0 saturated heterocycles. The van der Waals surface area contributed by atoms with Crippen LogP contribution in [0.25, 0.3) is 0 Å². The summed E-state index contributed by atoms with van der Waals surface area (Å²) in [6.07, 6.45) is 2.44. The minimum Gasteiger partial charge on any atom is -0.398 e. The largest absolute Gasteiger partial charge is 0.398 e. The van der Waals surface area contributed by atoms with E-state index in [0.29, 0.717) is 0 Å². The van der Waals surface area contributed by atoms with Crippen LogP contribution in [0, 0.1) is 0 Å². The Balaban J connectivity index is 4.36. The van der Waals surface area contributed by atoms with Crippen LogP contribution >= 0.6 is 0 Å². The van der Waals surface area contributed by atoms with Crippen molar-refractivity contribution in [2.75, 3.05) is 75.1 Å². The normalized spacial score (nSPS) is 12.8. The highest BCUT2D eigenvalue weighted by Gasteiger charge is 2.33. The summed E-state index contributed by atoms with van der Waals surface area (Å²) in [5.41, 5.74) is 0. The Labute approximate surface area is 139 Å². The Hall–Kier alpha value is 0.0169. The average Bonchev–Trinajstić information content (AvgIpc) is 2.47. The van der Waals surface area contributed by atoms with Gasteiger partial charge in [-0.25, -0.2) is 0 Å². The molecule has 0 unspecified atom stereocenters. The third-order valence-electron chi connectivity index (χ3n) is 4.25. The second kappa shape index (κ2) is 12.4. The number of nitrogens with zero attached hydrogens (tertiary/aromatic N) is 3. The number of rotatable bonds is 14. The van der Waals surface area contributed by atoms with Crippen LogP contribution in [0.15, 0.2) is 0 Å². The standard InChI is InChI=1S/C16H39N3O2Si/c1-8-22(20-6,21-7)16-15-19(13-9-11-17(2)3)14-10-12-18(4)5/h8-16H2,1-7H3. The van der Waals surface area contributed by atoms with Gasteiger partial charge >= 0.3 is 8.56 Å². The van der Waals surface area contributed by atoms with Gasteiger partial charge in [0.25, 0.3) is 0 Å². The van der Waals surface area contributed by atoms with Crippen LogP contribution in [0.2, 0.25) is 12.1 Å². The van der Waals surface area contributed by atoms with Crippen molar-refractivity contribution in [3.63, 3.8) is 0 Å². The van der Waals surface area contributed by atoms with E-state index in [1.165, 1.54) is 12.8 Å². The first kappa shape index (κ1) is 22.0. The summed E-state index contributed by atoms with van der Waals surface area (Å²) in [6, 6.07) is 2.07. The molecular weight excluding hydrogens is 294 g/mol. The van der Waals surface area contributed by atoms with Gasteiger partial charge in [-0.1, -0.05) is 6.92 Å². The van der Waals surface area contributed by atoms with Crippen LogP contribution in [-0.2, 0) is 8.85 Å². The number of hydrogen-bond donors (Lipinski definition) is 0. The van der Waals surface area contributed by atoms with Gasteiger partial charge in [0.05, 0.1) is 0 Å². The van der Waals surface area contributed by atoms with Gasteiger partial charge in [0.15, 0.2) is 0 Å². The van der Waals surface area contributed by atoms with Gasteiger partial charge in [0, 0.05) is 26.8 Å². The Bertz CT molecular complexity index is 240. The maximum absolute atomic E-state index is 5.75. The van der Waals surface area contributed by atoms with E-state index in [0.717, 1.165) is 44.8 Å². The molecule has 0 aromatic rings. The quantitative estimate of drug-likeness (QED) is 0.453. The topological polar surface area (TPSA) is 28.2 Å². The molecule has 134 valence electrons. The smallest absolute Gasteiger partial charge is 0.338 e. The van der Waals surface area contributed by atoms with Crippen LogP contribution in [0.1, 0.15) is 19.8 Å². The molecule has 0 aliphatic rings. The molecule has 0 heterocycles. The fraction of sp³-hybridized carbons (Fsp3) is 1.00. The summed E-state index contributed by atoms with van der Waals surface area (Å²) in [6.45, 7) is 7.88. The highest BCUT2D eigenvalue weighted by molar-refractivity contribution is 6.67. The summed E-state index contributed by atoms with van der Waals surface area (Å²) in [4.78, 5) is 7.10. The van der Waals surface area contributed by atoms with Crippen molar-refractivity contribution < 1.29 is 8.85 Å². The zero-order chi connectivity index (χ0) is 17.0. The molecule has 0 spiro atoms. The Kier molecular flexibility index (Phi) is 12.5. The molecule has 6 heteroatoms. The zero-order valence-corrected chi connectivity index (χ0v) is 17.0. The summed E-state index contributed by atoms with van der Waals surface area (Å²) < 4.78 is 11.5. The Morgan fingerprint density at radius 1 is 0.727 bits per heavy atom. The lowest BCUT2D eigenvalue weighted by Gasteiger charge is -2.30. The van der Waals surface area contributed by atoms with E-state index >= 15 is 0 Å². The van der Waals surface area contributed by atoms with Crippen LogP contribution in [0.3, 0.4) is 0 Å². The van der Waals surface area contributed by atoms with Gasteiger partial charge in [0.1, 0.15) is 0 Å². The molecule has 22 heavy (non-hydrogen) atoms. The van der Waals surface area contributed by atoms with Gasteiger partial charge < -0.3 is 23.6 Å². The van der Waals surface area contributed by atoms with Gasteiger partial charge in [-0.15, -0.1) is 0 Å². The minimum atomic E-state index is -1.96. The van der Waals surface area contributed by atoms with Crippen LogP contribution in [-0.4, -0.2) is 98.4 Å². The summed E-state index contributed by atoms with van der Waals surface area (Å²) in [5, 5.41) is 0. The van der Waals surface area contributed by atoms with Crippen molar-refractivity contribution in [1.82, 2.24) is 14.7 Å². The molecule has 0 aliphatic carbocycles. The van der Waals surface area contributed by atoms with Crippen molar-refractivity contribution in [1.29, 1.82) is 0 Å². The molecule has 0 aliphatic heterocycles. The van der Waals surface area contributed by atoms with Crippen molar-refractivity contribution >= 4 is 8.56 Å². The molecule has 0 N–H and O–H groups in total. The second-order valence-corrected chi connectivity index (χ2v) is 10.4. The summed E-state index contributed by atoms with van der Waals surface area (Å²) >= 11 is 0. The van der Waals surface area contributed by atoms with E-state index < -0.39 is 8.56 Å². The third kappa shape index (κ3) is 9.92. The predicted molar refractivity (Wildman–Crippen MR) is 97.8 cm³/mol. The maximum Gasteiger partial charge on any atom is 0.338 e. The van der Waals surface area contributed by atoms with E-state index in [2.05, 4.69) is 49.8 Å². The first-order valence-corrected chi connectivity index (χ1v) is 10.7. The fourth-order valence-electron chi connectivity index (χ4n) is 2.64. The van der Waals surface area contributed by atoms with Crippen molar-refractivity contribution in [3.8, 4) is 0 Å². The first-order valence-electron chi connectivity index (χ1n) is 8.51. The lowest BCUT2D eigenvalue weighted by atomic mass is 10.3. The molecule has 0 aromatic carbocycles. The highest BCUT2D eigenvalue weighted by Crippen LogP contribution is 2.17. The Morgan fingerprint density at radius 3 is 1.50 bits per heavy atom. The van der Waals surface area contributed by atoms with Crippen LogP contribution in [0.4, 0.5) is 0 Å². The first-order chi connectivity index (χ1) is 10.4. The second-order valence-electron chi connectivity index (χ2n) is 6.58. The van der Waals surface area contributed by atoms with Crippen molar-refractivity contribution in [2.24, 2.45) is 0 Å². The lowest BCUT2D eigenvalue weighted by Crippen LogP contribution is -2.43. The maximum atomic E-state index is 5.75. The molecule has 0 atom stereocenters. The van der Waals surface area contributed by atoms with E-state index in [1.807, 2.05) is 14.2 Å². The van der Waals surface area contributed by atoms with Gasteiger partial charge in [-0.3, -0.25) is 0 Å². The molecule has 0 fully saturated rings. The summed E-state index contributed by atoms with van der Waals surface area (Å²) in [5.74, 6) is 0. The van der Waals surface area contributed by atoms with Gasteiger partial charge in [0.2, 0.25) is 0 Å². The minimum absolute atomic E-state index is 1.02. The van der Waals surface area contributed by atoms with Crippen molar-refractivity contribution in [3.05, 3.63) is 0 Å². The molecule has 0 aromatic heterocycles. The van der Waals surface area contributed by atoms with E-state index in [4.69, 9.17) is 8.85 Å². The molecule has 0 saturated carbocycles. The average molecular weight is 334 g/mol. The fourth-order valence-corrected chi connectivity index (χ4v) is 4.80. The molecule has 0 radical (unpaired) electrons. The number of hydrogen-bond acceptors (Lipinski definition) is 5. The molecule has 0 bridgehead atoms. The third-order valence-corrected chi connectivity index (χ3v) is 7.80. The molecular formula is C16H39N3O2Si. The monoisotopic (exact) mass is 333 g/mol. The van der Waals surface area contributed by atoms with Crippen LogP contribution < -0.4 is 0 Å². The molecule has 0 amide bonds. The summed E-state index contributed by atoms with van der Waals surface area (Å²) in [7, 11) is 10.2. The lowest BCUT2D eigenvalue weighted by molar-refractivity contribution is 0.216. The van der Waals surface area contributed by atoms with E-state index in [9.17, 15) is 0 Å². The molecule has 0 rings (SSSR count). The molecule has 5 nitrogen and oxygen atoms in total. The SMILES string of the molecule is CC[Si](CCN(CCCN(C)C)CCCN(C)C)(OC)OC. The van der Waals surface area contributed by atoms with Gasteiger partial charge in [-0.2, -0.15) is 0 Å². The van der Waals surface area contributed by atoms with Crippen molar-refractivity contribution in [2.45, 2.75) is 31.9 Å². The van der Waals surface area contributed by atoms with E-state index in [-0.39, 0.29) is 0 Å². The zero-order valence-electron chi connectivity index (χ0n) is 16.0. The van der Waals surface area contributed by atoms with Crippen LogP contribution in [0.5, 0.6) is 0 Å². The van der Waals surface area contributed by atoms with Gasteiger partial charge in [-0.05, 0) is 73.3 Å². The van der Waals surface area contributed by atoms with E-state index in [1.54, 1.807) is 0 Å². The predicted octanol–water partition coefficient (Wildman–Crippen LogP) is 1.95. The highest BCUT2D eigenvalue weighted by atomic mass is 28.4.